The van der Waals surface area contributed by atoms with Crippen LogP contribution >= 0.6 is 0 Å². The lowest BCUT2D eigenvalue weighted by molar-refractivity contribution is 0.447. The molecule has 0 saturated carbocycles. The second-order valence-corrected chi connectivity index (χ2v) is 5.36. The van der Waals surface area contributed by atoms with Gasteiger partial charge in [-0.3, -0.25) is 4.68 Å². The quantitative estimate of drug-likeness (QED) is 0.848. The summed E-state index contributed by atoms with van der Waals surface area (Å²) in [7, 11) is 3.90. The third-order valence-electron chi connectivity index (χ3n) is 3.90. The van der Waals surface area contributed by atoms with E-state index in [0.717, 1.165) is 42.4 Å². The lowest BCUT2D eigenvalue weighted by Crippen LogP contribution is -2.57. The molecule has 3 heterocycles. The fraction of sp³-hybridized carbons (Fsp3) is 0.500. The van der Waals surface area contributed by atoms with Gasteiger partial charge in [-0.05, 0) is 19.5 Å². The van der Waals surface area contributed by atoms with Crippen molar-refractivity contribution in [1.29, 1.82) is 0 Å². The first kappa shape index (κ1) is 13.8. The Morgan fingerprint density at radius 3 is 2.71 bits per heavy atom. The minimum Gasteiger partial charge on any atom is -0.368 e. The van der Waals surface area contributed by atoms with Crippen LogP contribution in [-0.2, 0) is 13.5 Å². The second-order valence-electron chi connectivity index (χ2n) is 5.36. The zero-order chi connectivity index (χ0) is 15.0. The molecule has 1 aliphatic rings. The number of nitrogen functional groups attached to an aromatic ring is 1. The van der Waals surface area contributed by atoms with E-state index in [1.807, 2.05) is 24.8 Å². The van der Waals surface area contributed by atoms with Gasteiger partial charge in [0.2, 0.25) is 5.95 Å². The van der Waals surface area contributed by atoms with Gasteiger partial charge in [-0.1, -0.05) is 6.92 Å². The van der Waals surface area contributed by atoms with Gasteiger partial charge in [0, 0.05) is 32.2 Å². The molecule has 2 aromatic rings. The highest BCUT2D eigenvalue weighted by molar-refractivity contribution is 5.62. The lowest BCUT2D eigenvalue weighted by Gasteiger charge is -2.40. The molecule has 0 unspecified atom stereocenters. The van der Waals surface area contributed by atoms with Crippen molar-refractivity contribution < 1.29 is 0 Å². The van der Waals surface area contributed by atoms with Gasteiger partial charge in [-0.25, -0.2) is 4.98 Å². The number of hydrogen-bond donors (Lipinski definition) is 2. The van der Waals surface area contributed by atoms with Gasteiger partial charge in [-0.2, -0.15) is 10.1 Å². The third kappa shape index (κ3) is 2.56. The third-order valence-corrected chi connectivity index (χ3v) is 3.90. The van der Waals surface area contributed by atoms with E-state index in [1.165, 1.54) is 0 Å². The smallest absolute Gasteiger partial charge is 0.222 e. The summed E-state index contributed by atoms with van der Waals surface area (Å²) < 4.78 is 1.84. The molecule has 0 aliphatic carbocycles. The van der Waals surface area contributed by atoms with E-state index in [-0.39, 0.29) is 0 Å². The van der Waals surface area contributed by atoms with Crippen molar-refractivity contribution in [3.8, 4) is 11.4 Å². The Balaban J connectivity index is 1.92. The number of hydrogen-bond acceptors (Lipinski definition) is 6. The molecule has 0 bridgehead atoms. The molecule has 3 rings (SSSR count). The average Bonchev–Trinajstić information content (AvgIpc) is 2.78. The van der Waals surface area contributed by atoms with E-state index in [2.05, 4.69) is 38.3 Å². The molecule has 1 aliphatic heterocycles. The molecular weight excluding hydrogens is 266 g/mol. The Morgan fingerprint density at radius 2 is 2.10 bits per heavy atom. The molecule has 0 amide bonds. The number of nitrogens with one attached hydrogen (secondary N) is 1. The molecule has 0 atom stereocenters. The van der Waals surface area contributed by atoms with Crippen LogP contribution in [0.4, 0.5) is 11.8 Å². The summed E-state index contributed by atoms with van der Waals surface area (Å²) in [6, 6.07) is 4.56. The summed E-state index contributed by atoms with van der Waals surface area (Å²) in [6.45, 7) is 3.97. The SMILES string of the molecule is CCc1cc(-c2cc(N3CC(NC)C3)nc(N)n2)n(C)n1. The molecule has 1 fully saturated rings. The first-order valence-electron chi connectivity index (χ1n) is 7.20. The van der Waals surface area contributed by atoms with Gasteiger partial charge < -0.3 is 16.0 Å². The molecule has 0 spiro atoms. The Bertz CT molecular complexity index is 643. The number of likely N-dealkylation sites (N-methyl/N-ethyl adjacent to an activating group) is 1. The zero-order valence-electron chi connectivity index (χ0n) is 12.7. The lowest BCUT2D eigenvalue weighted by atomic mass is 10.1. The standard InChI is InChI=1S/C14H21N7/c1-4-9-5-12(20(3)19-9)11-6-13(18-14(15)17-11)21-7-10(8-21)16-2/h5-6,10,16H,4,7-8H2,1-3H3,(H2,15,17,18). The van der Waals surface area contributed by atoms with Crippen molar-refractivity contribution in [2.75, 3.05) is 30.8 Å². The zero-order valence-corrected chi connectivity index (χ0v) is 12.7. The van der Waals surface area contributed by atoms with Gasteiger partial charge in [0.05, 0.1) is 17.1 Å². The van der Waals surface area contributed by atoms with E-state index in [4.69, 9.17) is 5.73 Å². The number of aromatic nitrogens is 4. The van der Waals surface area contributed by atoms with Crippen molar-refractivity contribution in [1.82, 2.24) is 25.1 Å². The topological polar surface area (TPSA) is 84.9 Å². The Hall–Kier alpha value is -2.15. The Morgan fingerprint density at radius 1 is 1.33 bits per heavy atom. The van der Waals surface area contributed by atoms with Crippen LogP contribution in [-0.4, -0.2) is 45.9 Å². The normalized spacial score (nSPS) is 15.3. The minimum atomic E-state index is 0.301. The predicted molar refractivity (Wildman–Crippen MR) is 83.1 cm³/mol. The number of nitrogens with two attached hydrogens (primary N) is 1. The van der Waals surface area contributed by atoms with E-state index >= 15 is 0 Å². The van der Waals surface area contributed by atoms with Gasteiger partial charge in [0.25, 0.3) is 0 Å². The fourth-order valence-electron chi connectivity index (χ4n) is 2.53. The Labute approximate surface area is 124 Å². The van der Waals surface area contributed by atoms with E-state index in [0.29, 0.717) is 12.0 Å². The highest BCUT2D eigenvalue weighted by Gasteiger charge is 2.27. The van der Waals surface area contributed by atoms with Crippen LogP contribution in [0.1, 0.15) is 12.6 Å². The van der Waals surface area contributed by atoms with Crippen LogP contribution in [0.5, 0.6) is 0 Å². The monoisotopic (exact) mass is 287 g/mol. The number of nitrogens with zero attached hydrogens (tertiary/aromatic N) is 5. The van der Waals surface area contributed by atoms with E-state index in [1.54, 1.807) is 0 Å². The summed E-state index contributed by atoms with van der Waals surface area (Å²) in [6.07, 6.45) is 0.900. The molecule has 1 saturated heterocycles. The van der Waals surface area contributed by atoms with Crippen LogP contribution < -0.4 is 16.0 Å². The van der Waals surface area contributed by atoms with Gasteiger partial charge >= 0.3 is 0 Å². The first-order valence-corrected chi connectivity index (χ1v) is 7.20. The van der Waals surface area contributed by atoms with Crippen LogP contribution in [0.15, 0.2) is 12.1 Å². The summed E-state index contributed by atoms with van der Waals surface area (Å²) in [5.41, 5.74) is 8.71. The molecule has 0 aromatic carbocycles. The average molecular weight is 287 g/mol. The van der Waals surface area contributed by atoms with E-state index in [9.17, 15) is 0 Å². The van der Waals surface area contributed by atoms with Crippen LogP contribution in [0.2, 0.25) is 0 Å². The number of rotatable bonds is 4. The summed E-state index contributed by atoms with van der Waals surface area (Å²) >= 11 is 0. The molecule has 21 heavy (non-hydrogen) atoms. The maximum atomic E-state index is 5.88. The minimum absolute atomic E-state index is 0.301. The molecule has 7 heteroatoms. The summed E-state index contributed by atoms with van der Waals surface area (Å²) in [5, 5.41) is 7.71. The molecule has 0 radical (unpaired) electrons. The van der Waals surface area contributed by atoms with E-state index < -0.39 is 0 Å². The van der Waals surface area contributed by atoms with Crippen molar-refractivity contribution in [3.63, 3.8) is 0 Å². The van der Waals surface area contributed by atoms with Crippen LogP contribution in [0, 0.1) is 0 Å². The van der Waals surface area contributed by atoms with Crippen LogP contribution in [0.3, 0.4) is 0 Å². The largest absolute Gasteiger partial charge is 0.368 e. The van der Waals surface area contributed by atoms with Crippen molar-refractivity contribution >= 4 is 11.8 Å². The second kappa shape index (κ2) is 5.33. The maximum Gasteiger partial charge on any atom is 0.222 e. The number of anilines is 2. The molecule has 7 nitrogen and oxygen atoms in total. The van der Waals surface area contributed by atoms with Crippen LogP contribution in [0.25, 0.3) is 11.4 Å². The highest BCUT2D eigenvalue weighted by Crippen LogP contribution is 2.25. The fourth-order valence-corrected chi connectivity index (χ4v) is 2.53. The van der Waals surface area contributed by atoms with Gasteiger partial charge in [0.15, 0.2) is 0 Å². The van der Waals surface area contributed by atoms with Gasteiger partial charge in [0.1, 0.15) is 5.82 Å². The molecule has 112 valence electrons. The molecular formula is C14H21N7. The molecule has 3 N–H and O–H groups in total. The van der Waals surface area contributed by atoms with Crippen molar-refractivity contribution in [2.45, 2.75) is 19.4 Å². The van der Waals surface area contributed by atoms with Crippen molar-refractivity contribution in [3.05, 3.63) is 17.8 Å². The summed E-state index contributed by atoms with van der Waals surface area (Å²) in [4.78, 5) is 10.9. The highest BCUT2D eigenvalue weighted by atomic mass is 15.3. The Kier molecular flexibility index (Phi) is 3.50. The number of aryl methyl sites for hydroxylation is 2. The summed E-state index contributed by atoms with van der Waals surface area (Å²) in [5.74, 6) is 1.18. The first-order chi connectivity index (χ1) is 10.1. The molecule has 2 aromatic heterocycles. The maximum absolute atomic E-state index is 5.88. The van der Waals surface area contributed by atoms with Crippen molar-refractivity contribution in [2.24, 2.45) is 7.05 Å². The van der Waals surface area contributed by atoms with Gasteiger partial charge in [-0.15, -0.1) is 0 Å². The predicted octanol–water partition coefficient (Wildman–Crippen LogP) is 0.430.